The van der Waals surface area contributed by atoms with Gasteiger partial charge < -0.3 is 34.0 Å². The van der Waals surface area contributed by atoms with Gasteiger partial charge in [0.15, 0.2) is 22.4 Å². The monoisotopic (exact) mass is 536 g/mol. The normalized spacial score (nSPS) is 11.2. The molecule has 0 unspecified atom stereocenters. The molecule has 0 saturated heterocycles. The van der Waals surface area contributed by atoms with Crippen molar-refractivity contribution in [2.75, 3.05) is 0 Å². The first-order chi connectivity index (χ1) is 19.2. The van der Waals surface area contributed by atoms with Crippen molar-refractivity contribution in [3.63, 3.8) is 0 Å². The van der Waals surface area contributed by atoms with Gasteiger partial charge in [-0.25, -0.2) is 0 Å². The van der Waals surface area contributed by atoms with Crippen molar-refractivity contribution in [1.82, 2.24) is 0 Å². The van der Waals surface area contributed by atoms with E-state index in [1.54, 1.807) is 37.3 Å². The molecule has 2 heterocycles. The second kappa shape index (κ2) is 9.25. The Hall–Kier alpha value is -5.70. The molecular formula is C31H20O9. The zero-order chi connectivity index (χ0) is 28.1. The smallest absolute Gasteiger partial charge is 0.197 e. The number of phenolic OH excluding ortho intramolecular Hbond substituents is 4. The predicted molar refractivity (Wildman–Crippen MR) is 147 cm³/mol. The molecule has 0 spiro atoms. The molecule has 0 bridgehead atoms. The van der Waals surface area contributed by atoms with Gasteiger partial charge in [-0.15, -0.1) is 0 Å². The Morgan fingerprint density at radius 1 is 0.600 bits per heavy atom. The van der Waals surface area contributed by atoms with Crippen molar-refractivity contribution in [1.29, 1.82) is 0 Å². The quantitative estimate of drug-likeness (QED) is 0.208. The van der Waals surface area contributed by atoms with Crippen LogP contribution in [0.15, 0.2) is 97.3 Å². The maximum absolute atomic E-state index is 12.6. The van der Waals surface area contributed by atoms with Gasteiger partial charge in [0, 0.05) is 35.4 Å². The van der Waals surface area contributed by atoms with E-state index in [0.717, 1.165) is 11.6 Å². The molecular weight excluding hydrogens is 516 g/mol. The van der Waals surface area contributed by atoms with Gasteiger partial charge in [-0.3, -0.25) is 9.59 Å². The maximum Gasteiger partial charge on any atom is 0.197 e. The summed E-state index contributed by atoms with van der Waals surface area (Å²) in [6.07, 6.45) is 0. The van der Waals surface area contributed by atoms with E-state index < -0.39 is 11.2 Å². The highest BCUT2D eigenvalue weighted by Gasteiger charge is 2.15. The van der Waals surface area contributed by atoms with Crippen LogP contribution in [0.25, 0.3) is 44.6 Å². The lowest BCUT2D eigenvalue weighted by atomic mass is 10.1. The number of phenols is 4. The van der Waals surface area contributed by atoms with Crippen LogP contribution in [0.3, 0.4) is 0 Å². The minimum atomic E-state index is -0.509. The predicted octanol–water partition coefficient (Wildman–Crippen LogP) is 6.16. The largest absolute Gasteiger partial charge is 0.508 e. The highest BCUT2D eigenvalue weighted by Crippen LogP contribution is 2.37. The van der Waals surface area contributed by atoms with E-state index in [-0.39, 0.29) is 56.1 Å². The summed E-state index contributed by atoms with van der Waals surface area (Å²) < 4.78 is 17.5. The molecule has 6 rings (SSSR count). The molecule has 9 heteroatoms. The summed E-state index contributed by atoms with van der Waals surface area (Å²) in [5.74, 6) is -0.0816. The van der Waals surface area contributed by atoms with Crippen LogP contribution in [0.1, 0.15) is 5.56 Å². The topological polar surface area (TPSA) is 151 Å². The molecule has 198 valence electrons. The van der Waals surface area contributed by atoms with Crippen LogP contribution < -0.4 is 15.6 Å². The third kappa shape index (κ3) is 4.35. The van der Waals surface area contributed by atoms with Gasteiger partial charge in [-0.05, 0) is 67.1 Å². The highest BCUT2D eigenvalue weighted by molar-refractivity contribution is 5.86. The maximum atomic E-state index is 12.6. The Kier molecular flexibility index (Phi) is 5.69. The van der Waals surface area contributed by atoms with Crippen LogP contribution in [0, 0.1) is 6.92 Å². The minimum absolute atomic E-state index is 0.00292. The second-order valence-corrected chi connectivity index (χ2v) is 9.25. The zero-order valence-electron chi connectivity index (χ0n) is 20.8. The standard InChI is InChI=1S/C31H20O9/c1-15-8-21(34)30-23(36)13-25(39-28(30)9-15)16-2-5-19(6-3-16)38-27-10-17(4-7-20(27)33)26-14-24(37)31-22(35)11-18(32)12-29(31)40-26/h2-14,32-35H,1H3. The number of rotatable bonds is 4. The highest BCUT2D eigenvalue weighted by atomic mass is 16.5. The molecule has 40 heavy (non-hydrogen) atoms. The summed E-state index contributed by atoms with van der Waals surface area (Å²) in [6.45, 7) is 1.78. The SMILES string of the molecule is Cc1cc(O)c2c(=O)cc(-c3ccc(Oc4cc(-c5cc(=O)c6c(O)cc(O)cc6o5)ccc4O)cc3)oc2c1. The fourth-order valence-electron chi connectivity index (χ4n) is 4.50. The second-order valence-electron chi connectivity index (χ2n) is 9.25. The van der Waals surface area contributed by atoms with E-state index in [9.17, 15) is 30.0 Å². The summed E-state index contributed by atoms with van der Waals surface area (Å²) in [7, 11) is 0. The van der Waals surface area contributed by atoms with E-state index in [4.69, 9.17) is 13.6 Å². The van der Waals surface area contributed by atoms with Gasteiger partial charge in [0.25, 0.3) is 0 Å². The van der Waals surface area contributed by atoms with E-state index in [1.165, 1.54) is 42.5 Å². The molecule has 4 aromatic carbocycles. The van der Waals surface area contributed by atoms with Crippen LogP contribution in [0.2, 0.25) is 0 Å². The Morgan fingerprint density at radius 3 is 1.85 bits per heavy atom. The number of benzene rings is 4. The van der Waals surface area contributed by atoms with E-state index in [0.29, 0.717) is 22.6 Å². The molecule has 4 N–H and O–H groups in total. The third-order valence-corrected chi connectivity index (χ3v) is 6.36. The first-order valence-corrected chi connectivity index (χ1v) is 12.1. The summed E-state index contributed by atoms with van der Waals surface area (Å²) in [5.41, 5.74) is 1.13. The van der Waals surface area contributed by atoms with Crippen molar-refractivity contribution in [2.45, 2.75) is 6.92 Å². The molecule has 0 saturated carbocycles. The fourth-order valence-corrected chi connectivity index (χ4v) is 4.50. The molecule has 0 aliphatic rings. The van der Waals surface area contributed by atoms with E-state index in [2.05, 4.69) is 0 Å². The van der Waals surface area contributed by atoms with Gasteiger partial charge in [-0.2, -0.15) is 0 Å². The van der Waals surface area contributed by atoms with Crippen molar-refractivity contribution in [3.8, 4) is 57.1 Å². The Labute approximate surface area is 225 Å². The van der Waals surface area contributed by atoms with Gasteiger partial charge >= 0.3 is 0 Å². The molecule has 9 nitrogen and oxygen atoms in total. The molecule has 0 aliphatic heterocycles. The van der Waals surface area contributed by atoms with Crippen LogP contribution in [0.4, 0.5) is 0 Å². The number of hydrogen-bond donors (Lipinski definition) is 4. The third-order valence-electron chi connectivity index (χ3n) is 6.36. The molecule has 0 fully saturated rings. The average Bonchev–Trinajstić information content (AvgIpc) is 2.89. The number of aromatic hydroxyl groups is 4. The average molecular weight is 536 g/mol. The number of fused-ring (bicyclic) bond motifs is 2. The van der Waals surface area contributed by atoms with Crippen molar-refractivity contribution < 1.29 is 34.0 Å². The van der Waals surface area contributed by atoms with Gasteiger partial charge in [0.05, 0.1) is 0 Å². The molecule has 6 aromatic rings. The van der Waals surface area contributed by atoms with Crippen molar-refractivity contribution in [3.05, 3.63) is 105 Å². The first kappa shape index (κ1) is 24.6. The Bertz CT molecular complexity index is 2070. The van der Waals surface area contributed by atoms with Crippen LogP contribution in [-0.2, 0) is 0 Å². The summed E-state index contributed by atoms with van der Waals surface area (Å²) in [6, 6.07) is 18.9. The Morgan fingerprint density at radius 2 is 1.18 bits per heavy atom. The molecule has 0 amide bonds. The lowest BCUT2D eigenvalue weighted by molar-refractivity contribution is 0.411. The summed E-state index contributed by atoms with van der Waals surface area (Å²) in [4.78, 5) is 25.2. The fraction of sp³-hybridized carbons (Fsp3) is 0.0323. The van der Waals surface area contributed by atoms with E-state index in [1.807, 2.05) is 0 Å². The van der Waals surface area contributed by atoms with Crippen LogP contribution in [0.5, 0.6) is 34.5 Å². The lowest BCUT2D eigenvalue weighted by Crippen LogP contribution is -2.01. The lowest BCUT2D eigenvalue weighted by Gasteiger charge is -2.11. The van der Waals surface area contributed by atoms with E-state index >= 15 is 0 Å². The molecule has 2 aromatic heterocycles. The van der Waals surface area contributed by atoms with Gasteiger partial charge in [0.2, 0.25) is 0 Å². The minimum Gasteiger partial charge on any atom is -0.508 e. The Balaban J connectivity index is 1.32. The number of hydrogen-bond acceptors (Lipinski definition) is 9. The molecule has 0 radical (unpaired) electrons. The van der Waals surface area contributed by atoms with Crippen LogP contribution >= 0.6 is 0 Å². The molecule has 0 atom stereocenters. The number of ether oxygens (including phenoxy) is 1. The zero-order valence-corrected chi connectivity index (χ0v) is 20.8. The van der Waals surface area contributed by atoms with Gasteiger partial charge in [0.1, 0.15) is 56.5 Å². The summed E-state index contributed by atoms with van der Waals surface area (Å²) >= 11 is 0. The molecule has 0 aliphatic carbocycles. The van der Waals surface area contributed by atoms with Crippen molar-refractivity contribution in [2.24, 2.45) is 0 Å². The van der Waals surface area contributed by atoms with Gasteiger partial charge in [-0.1, -0.05) is 0 Å². The number of aryl methyl sites for hydroxylation is 1. The van der Waals surface area contributed by atoms with Crippen LogP contribution in [-0.4, -0.2) is 20.4 Å². The van der Waals surface area contributed by atoms with Crippen molar-refractivity contribution >= 4 is 21.9 Å². The first-order valence-electron chi connectivity index (χ1n) is 12.1. The summed E-state index contributed by atoms with van der Waals surface area (Å²) in [5, 5.41) is 40.4.